The molecule has 118 valence electrons. The number of hydrogen-bond donors (Lipinski definition) is 1. The molecule has 3 nitrogen and oxygen atoms in total. The van der Waals surface area contributed by atoms with Gasteiger partial charge in [-0.1, -0.05) is 12.1 Å². The standard InChI is InChI=1S/C13H14ClF4NO2/c1-8-2-3-9(10(15)4-8)6-19(12(21)5-14)7-11(20)13(16,17)18/h2-4,11,20H,5-7H2,1H3/t11-/m0/s1. The van der Waals surface area contributed by atoms with E-state index in [1.165, 1.54) is 12.1 Å². The third kappa shape index (κ3) is 5.17. The number of benzene rings is 1. The largest absolute Gasteiger partial charge is 0.416 e. The lowest BCUT2D eigenvalue weighted by Gasteiger charge is -2.26. The minimum absolute atomic E-state index is 0.0495. The molecule has 1 rings (SSSR count). The minimum atomic E-state index is -4.86. The zero-order chi connectivity index (χ0) is 16.2. The van der Waals surface area contributed by atoms with Gasteiger partial charge in [0.25, 0.3) is 0 Å². The summed E-state index contributed by atoms with van der Waals surface area (Å²) in [7, 11) is 0. The summed E-state index contributed by atoms with van der Waals surface area (Å²) in [5.41, 5.74) is 0.690. The summed E-state index contributed by atoms with van der Waals surface area (Å²) in [6.45, 7) is 0.259. The van der Waals surface area contributed by atoms with E-state index in [2.05, 4.69) is 0 Å². The molecule has 1 aromatic carbocycles. The van der Waals surface area contributed by atoms with Crippen LogP contribution in [0.2, 0.25) is 0 Å². The van der Waals surface area contributed by atoms with Gasteiger partial charge in [-0.15, -0.1) is 11.6 Å². The van der Waals surface area contributed by atoms with Gasteiger partial charge >= 0.3 is 6.18 Å². The van der Waals surface area contributed by atoms with Gasteiger partial charge in [-0.25, -0.2) is 4.39 Å². The van der Waals surface area contributed by atoms with Crippen LogP contribution >= 0.6 is 11.6 Å². The Morgan fingerprint density at radius 2 is 2.05 bits per heavy atom. The number of alkyl halides is 4. The summed E-state index contributed by atoms with van der Waals surface area (Å²) >= 11 is 5.33. The summed E-state index contributed by atoms with van der Waals surface area (Å²) in [5.74, 6) is -2.01. The summed E-state index contributed by atoms with van der Waals surface area (Å²) in [6.07, 6.45) is -7.57. The topological polar surface area (TPSA) is 40.5 Å². The van der Waals surface area contributed by atoms with Gasteiger partial charge in [0.1, 0.15) is 11.7 Å². The Labute approximate surface area is 124 Å². The van der Waals surface area contributed by atoms with E-state index in [-0.39, 0.29) is 5.56 Å². The number of halogens is 5. The lowest BCUT2D eigenvalue weighted by molar-refractivity contribution is -0.208. The third-order valence-corrected chi connectivity index (χ3v) is 3.04. The summed E-state index contributed by atoms with van der Waals surface area (Å²) < 4.78 is 50.8. The van der Waals surface area contributed by atoms with Gasteiger partial charge < -0.3 is 10.0 Å². The van der Waals surface area contributed by atoms with E-state index in [0.717, 1.165) is 0 Å². The first-order valence-electron chi connectivity index (χ1n) is 5.98. The Hall–Kier alpha value is -1.34. The fourth-order valence-corrected chi connectivity index (χ4v) is 1.81. The summed E-state index contributed by atoms with van der Waals surface area (Å²) in [5, 5.41) is 9.04. The third-order valence-electron chi connectivity index (χ3n) is 2.81. The molecule has 0 saturated carbocycles. The van der Waals surface area contributed by atoms with E-state index in [1.807, 2.05) is 0 Å². The van der Waals surface area contributed by atoms with Gasteiger partial charge in [0, 0.05) is 12.1 Å². The highest BCUT2D eigenvalue weighted by Crippen LogP contribution is 2.22. The maximum absolute atomic E-state index is 13.7. The van der Waals surface area contributed by atoms with Crippen molar-refractivity contribution in [2.24, 2.45) is 0 Å². The molecule has 0 saturated heterocycles. The number of rotatable bonds is 5. The first kappa shape index (κ1) is 17.7. The van der Waals surface area contributed by atoms with Crippen molar-refractivity contribution in [2.45, 2.75) is 25.7 Å². The predicted octanol–water partition coefficient (Wildman–Crippen LogP) is 2.62. The number of carbonyl (C=O) groups excluding carboxylic acids is 1. The molecule has 0 bridgehead atoms. The maximum Gasteiger partial charge on any atom is 0.416 e. The average Bonchev–Trinajstić information content (AvgIpc) is 2.38. The van der Waals surface area contributed by atoms with Crippen LogP contribution in [-0.4, -0.2) is 40.6 Å². The molecule has 1 amide bonds. The van der Waals surface area contributed by atoms with Gasteiger partial charge in [0.15, 0.2) is 6.10 Å². The first-order chi connectivity index (χ1) is 9.65. The van der Waals surface area contributed by atoms with E-state index in [4.69, 9.17) is 16.7 Å². The second kappa shape index (κ2) is 7.09. The molecule has 1 aromatic rings. The SMILES string of the molecule is Cc1ccc(CN(C[C@H](O)C(F)(F)F)C(=O)CCl)c(F)c1. The van der Waals surface area contributed by atoms with Gasteiger partial charge in [-0.2, -0.15) is 13.2 Å². The number of carbonyl (C=O) groups is 1. The monoisotopic (exact) mass is 327 g/mol. The van der Waals surface area contributed by atoms with Gasteiger partial charge in [-0.05, 0) is 18.6 Å². The normalized spacial score (nSPS) is 13.1. The van der Waals surface area contributed by atoms with Gasteiger partial charge in [0.2, 0.25) is 5.91 Å². The summed E-state index contributed by atoms with van der Waals surface area (Å²) in [6, 6.07) is 4.15. The smallest absolute Gasteiger partial charge is 0.382 e. The van der Waals surface area contributed by atoms with Crippen molar-refractivity contribution in [3.8, 4) is 0 Å². The molecule has 8 heteroatoms. The fourth-order valence-electron chi connectivity index (χ4n) is 1.64. The van der Waals surface area contributed by atoms with E-state index >= 15 is 0 Å². The van der Waals surface area contributed by atoms with E-state index < -0.39 is 43.0 Å². The number of hydrogen-bond acceptors (Lipinski definition) is 2. The molecule has 0 heterocycles. The molecule has 0 fully saturated rings. The first-order valence-corrected chi connectivity index (χ1v) is 6.52. The van der Waals surface area contributed by atoms with Crippen molar-refractivity contribution in [3.63, 3.8) is 0 Å². The molecule has 0 radical (unpaired) electrons. The Bertz CT molecular complexity index is 507. The number of amides is 1. The van der Waals surface area contributed by atoms with Gasteiger partial charge in [0.05, 0.1) is 6.54 Å². The molecule has 0 aliphatic carbocycles. The highest BCUT2D eigenvalue weighted by molar-refractivity contribution is 6.27. The lowest BCUT2D eigenvalue weighted by atomic mass is 10.1. The Morgan fingerprint density at radius 1 is 1.43 bits per heavy atom. The van der Waals surface area contributed by atoms with Crippen LogP contribution in [0.5, 0.6) is 0 Å². The van der Waals surface area contributed by atoms with Crippen molar-refractivity contribution < 1.29 is 27.5 Å². The second-order valence-electron chi connectivity index (χ2n) is 4.56. The molecule has 21 heavy (non-hydrogen) atoms. The van der Waals surface area contributed by atoms with Crippen LogP contribution in [0.25, 0.3) is 0 Å². The highest BCUT2D eigenvalue weighted by Gasteiger charge is 2.40. The number of aliphatic hydroxyl groups excluding tert-OH is 1. The van der Waals surface area contributed by atoms with E-state index in [9.17, 15) is 22.4 Å². The van der Waals surface area contributed by atoms with Crippen LogP contribution in [0.15, 0.2) is 18.2 Å². The maximum atomic E-state index is 13.7. The molecule has 0 unspecified atom stereocenters. The van der Waals surface area contributed by atoms with Crippen LogP contribution in [0.1, 0.15) is 11.1 Å². The molecule has 1 N–H and O–H groups in total. The Balaban J connectivity index is 2.91. The van der Waals surface area contributed by atoms with Crippen LogP contribution in [0.3, 0.4) is 0 Å². The summed E-state index contributed by atoms with van der Waals surface area (Å²) in [4.78, 5) is 12.2. The molecule has 0 spiro atoms. The number of aliphatic hydroxyl groups is 1. The van der Waals surface area contributed by atoms with Crippen molar-refractivity contribution in [1.29, 1.82) is 0 Å². The van der Waals surface area contributed by atoms with Crippen molar-refractivity contribution in [3.05, 3.63) is 35.1 Å². The quantitative estimate of drug-likeness (QED) is 0.667. The van der Waals surface area contributed by atoms with E-state index in [0.29, 0.717) is 10.5 Å². The number of aryl methyl sites for hydroxylation is 1. The minimum Gasteiger partial charge on any atom is -0.382 e. The van der Waals surface area contributed by atoms with E-state index in [1.54, 1.807) is 13.0 Å². The molecule has 1 atom stereocenters. The lowest BCUT2D eigenvalue weighted by Crippen LogP contribution is -2.44. The Kier molecular flexibility index (Phi) is 5.98. The van der Waals surface area contributed by atoms with Gasteiger partial charge in [-0.3, -0.25) is 4.79 Å². The molecule has 0 aromatic heterocycles. The highest BCUT2D eigenvalue weighted by atomic mass is 35.5. The van der Waals surface area contributed by atoms with Crippen molar-refractivity contribution in [1.82, 2.24) is 4.90 Å². The molecule has 0 aliphatic heterocycles. The molecular formula is C13H14ClF4NO2. The van der Waals surface area contributed by atoms with Crippen LogP contribution in [0, 0.1) is 12.7 Å². The molecule has 0 aliphatic rings. The van der Waals surface area contributed by atoms with Crippen molar-refractivity contribution in [2.75, 3.05) is 12.4 Å². The zero-order valence-electron chi connectivity index (χ0n) is 11.1. The van der Waals surface area contributed by atoms with Crippen LogP contribution < -0.4 is 0 Å². The molecular weight excluding hydrogens is 314 g/mol. The predicted molar refractivity (Wildman–Crippen MR) is 69.3 cm³/mol. The average molecular weight is 328 g/mol. The fraction of sp³-hybridized carbons (Fsp3) is 0.462. The zero-order valence-corrected chi connectivity index (χ0v) is 11.9. The second-order valence-corrected chi connectivity index (χ2v) is 4.83. The van der Waals surface area contributed by atoms with Crippen molar-refractivity contribution >= 4 is 17.5 Å². The van der Waals surface area contributed by atoms with Crippen LogP contribution in [-0.2, 0) is 11.3 Å². The van der Waals surface area contributed by atoms with Crippen LogP contribution in [0.4, 0.5) is 17.6 Å². The Morgan fingerprint density at radius 3 is 2.52 bits per heavy atom. The number of nitrogens with zero attached hydrogens (tertiary/aromatic N) is 1.